The van der Waals surface area contributed by atoms with Crippen molar-refractivity contribution in [2.24, 2.45) is 5.73 Å². The number of ether oxygens (including phenoxy) is 1. The van der Waals surface area contributed by atoms with Gasteiger partial charge in [0, 0.05) is 18.9 Å². The van der Waals surface area contributed by atoms with Gasteiger partial charge in [0.1, 0.15) is 17.6 Å². The van der Waals surface area contributed by atoms with Crippen molar-refractivity contribution in [1.82, 2.24) is 5.32 Å². The molecule has 6 nitrogen and oxygen atoms in total. The Hall–Kier alpha value is -2.12. The summed E-state index contributed by atoms with van der Waals surface area (Å²) in [6.45, 7) is 2.28. The zero-order chi connectivity index (χ0) is 16.1. The number of amides is 2. The first-order valence-corrected chi connectivity index (χ1v) is 7.69. The summed E-state index contributed by atoms with van der Waals surface area (Å²) < 4.78 is 10.8. The lowest BCUT2D eigenvalue weighted by Gasteiger charge is -2.15. The average molecular weight is 322 g/mol. The third-order valence-electron chi connectivity index (χ3n) is 3.12. The maximum Gasteiger partial charge on any atom is 0.262 e. The Morgan fingerprint density at radius 3 is 2.77 bits per heavy atom. The normalized spacial score (nSPS) is 12.1. The van der Waals surface area contributed by atoms with Gasteiger partial charge in [0.25, 0.3) is 5.91 Å². The van der Waals surface area contributed by atoms with Crippen molar-refractivity contribution < 1.29 is 18.7 Å². The fraction of sp³-hybridized carbons (Fsp3) is 0.333. The number of nitrogens with two attached hydrogens (primary N) is 1. The van der Waals surface area contributed by atoms with Gasteiger partial charge in [0.2, 0.25) is 5.91 Å². The highest BCUT2D eigenvalue weighted by Crippen LogP contribution is 2.20. The summed E-state index contributed by atoms with van der Waals surface area (Å²) in [5, 5.41) is 4.40. The van der Waals surface area contributed by atoms with E-state index in [1.165, 1.54) is 17.4 Å². The van der Waals surface area contributed by atoms with Crippen molar-refractivity contribution in [2.75, 3.05) is 13.7 Å². The zero-order valence-electron chi connectivity index (χ0n) is 12.4. The van der Waals surface area contributed by atoms with E-state index in [-0.39, 0.29) is 12.5 Å². The van der Waals surface area contributed by atoms with E-state index in [4.69, 9.17) is 14.9 Å². The molecule has 0 bridgehead atoms. The van der Waals surface area contributed by atoms with Gasteiger partial charge in [0.15, 0.2) is 0 Å². The second-order valence-corrected chi connectivity index (χ2v) is 5.61. The van der Waals surface area contributed by atoms with Crippen molar-refractivity contribution in [1.29, 1.82) is 0 Å². The fourth-order valence-electron chi connectivity index (χ4n) is 1.95. The summed E-state index contributed by atoms with van der Waals surface area (Å²) in [4.78, 5) is 23.8. The molecule has 0 unspecified atom stereocenters. The molecule has 0 aliphatic heterocycles. The van der Waals surface area contributed by atoms with E-state index < -0.39 is 11.9 Å². The minimum Gasteiger partial charge on any atom is -0.464 e. The number of nitrogens with one attached hydrogen (secondary N) is 1. The van der Waals surface area contributed by atoms with Crippen molar-refractivity contribution >= 4 is 23.2 Å². The summed E-state index contributed by atoms with van der Waals surface area (Å²) in [5.74, 6) is 0.632. The van der Waals surface area contributed by atoms with Crippen LogP contribution in [0.4, 0.5) is 0 Å². The van der Waals surface area contributed by atoms with Gasteiger partial charge < -0.3 is 20.2 Å². The third-order valence-corrected chi connectivity index (χ3v) is 4.05. The van der Waals surface area contributed by atoms with Crippen LogP contribution in [0.2, 0.25) is 0 Å². The third kappa shape index (κ3) is 3.75. The lowest BCUT2D eigenvalue weighted by Crippen LogP contribution is -2.30. The predicted octanol–water partition coefficient (Wildman–Crippen LogP) is 2.12. The molecule has 0 aliphatic rings. The number of carbonyl (C=O) groups is 2. The highest BCUT2D eigenvalue weighted by molar-refractivity contribution is 7.12. The van der Waals surface area contributed by atoms with Gasteiger partial charge in [-0.3, -0.25) is 9.59 Å². The van der Waals surface area contributed by atoms with Crippen molar-refractivity contribution in [3.05, 3.63) is 45.5 Å². The molecule has 0 radical (unpaired) electrons. The van der Waals surface area contributed by atoms with E-state index in [1.807, 2.05) is 19.1 Å². The molecule has 118 valence electrons. The van der Waals surface area contributed by atoms with Gasteiger partial charge in [-0.05, 0) is 18.2 Å². The molecule has 7 heteroatoms. The molecule has 2 amide bonds. The molecule has 2 aromatic rings. The molecule has 2 rings (SSSR count). The molecule has 3 N–H and O–H groups in total. The van der Waals surface area contributed by atoms with Crippen LogP contribution < -0.4 is 11.1 Å². The molecule has 0 spiro atoms. The van der Waals surface area contributed by atoms with E-state index in [2.05, 4.69) is 5.32 Å². The van der Waals surface area contributed by atoms with Crippen LogP contribution in [0.5, 0.6) is 0 Å². The van der Waals surface area contributed by atoms with Crippen LogP contribution in [0, 0.1) is 0 Å². The van der Waals surface area contributed by atoms with Crippen LogP contribution in [-0.4, -0.2) is 25.5 Å². The van der Waals surface area contributed by atoms with E-state index in [0.29, 0.717) is 16.2 Å². The first-order valence-electron chi connectivity index (χ1n) is 6.81. The monoisotopic (exact) mass is 322 g/mol. The standard InChI is InChI=1S/C15H18N2O4S/c1-3-10-4-5-12(21-10)11(7-20-2)17-15(19)13-6-9(8-22-13)14(16)18/h4-6,8,11H,3,7H2,1-2H3,(H2,16,18)(H,17,19)/t11-/m0/s1. The number of hydrogen-bond donors (Lipinski definition) is 2. The molecule has 1 atom stereocenters. The van der Waals surface area contributed by atoms with Gasteiger partial charge in [-0.25, -0.2) is 0 Å². The molecule has 0 aromatic carbocycles. The molecular weight excluding hydrogens is 304 g/mol. The quantitative estimate of drug-likeness (QED) is 0.816. The maximum atomic E-state index is 12.3. The lowest BCUT2D eigenvalue weighted by molar-refractivity contribution is 0.0886. The van der Waals surface area contributed by atoms with Crippen LogP contribution in [0.3, 0.4) is 0 Å². The molecular formula is C15H18N2O4S. The van der Waals surface area contributed by atoms with Crippen LogP contribution in [0.15, 0.2) is 28.0 Å². The Bertz CT molecular complexity index is 662. The van der Waals surface area contributed by atoms with E-state index in [9.17, 15) is 9.59 Å². The average Bonchev–Trinajstić information content (AvgIpc) is 3.16. The van der Waals surface area contributed by atoms with Gasteiger partial charge in [0.05, 0.1) is 17.0 Å². The Kier molecular flexibility index (Phi) is 5.35. The second kappa shape index (κ2) is 7.24. The number of furan rings is 1. The summed E-state index contributed by atoms with van der Waals surface area (Å²) in [6, 6.07) is 4.79. The number of hydrogen-bond acceptors (Lipinski definition) is 5. The zero-order valence-corrected chi connectivity index (χ0v) is 13.2. The van der Waals surface area contributed by atoms with Gasteiger partial charge in [-0.1, -0.05) is 6.92 Å². The maximum absolute atomic E-state index is 12.3. The largest absolute Gasteiger partial charge is 0.464 e. The van der Waals surface area contributed by atoms with Crippen molar-refractivity contribution in [3.63, 3.8) is 0 Å². The highest BCUT2D eigenvalue weighted by atomic mass is 32.1. The van der Waals surface area contributed by atoms with Crippen LogP contribution >= 0.6 is 11.3 Å². The summed E-state index contributed by atoms with van der Waals surface area (Å²) in [6.07, 6.45) is 0.778. The number of primary amides is 1. The number of carbonyl (C=O) groups excluding carboxylic acids is 2. The summed E-state index contributed by atoms with van der Waals surface area (Å²) in [5.41, 5.74) is 5.51. The first kappa shape index (κ1) is 16.3. The molecule has 22 heavy (non-hydrogen) atoms. The second-order valence-electron chi connectivity index (χ2n) is 4.70. The van der Waals surface area contributed by atoms with Crippen molar-refractivity contribution in [3.8, 4) is 0 Å². The number of rotatable bonds is 7. The van der Waals surface area contributed by atoms with Crippen LogP contribution in [0.25, 0.3) is 0 Å². The van der Waals surface area contributed by atoms with Crippen LogP contribution in [0.1, 0.15) is 44.5 Å². The topological polar surface area (TPSA) is 94.6 Å². The number of methoxy groups -OCH3 is 1. The fourth-order valence-corrected chi connectivity index (χ4v) is 2.75. The first-order chi connectivity index (χ1) is 10.5. The SMILES string of the molecule is CCc1ccc([C@H](COC)NC(=O)c2cc(C(N)=O)cs2)o1. The minimum atomic E-state index is -0.553. The molecule has 0 saturated carbocycles. The summed E-state index contributed by atoms with van der Waals surface area (Å²) in [7, 11) is 1.55. The highest BCUT2D eigenvalue weighted by Gasteiger charge is 2.20. The van der Waals surface area contributed by atoms with Crippen molar-refractivity contribution in [2.45, 2.75) is 19.4 Å². The van der Waals surface area contributed by atoms with Crippen LogP contribution in [-0.2, 0) is 11.2 Å². The van der Waals surface area contributed by atoms with E-state index in [1.54, 1.807) is 12.5 Å². The Morgan fingerprint density at radius 2 is 2.23 bits per heavy atom. The van der Waals surface area contributed by atoms with Gasteiger partial charge in [-0.2, -0.15) is 0 Å². The smallest absolute Gasteiger partial charge is 0.262 e. The Balaban J connectivity index is 2.12. The van der Waals surface area contributed by atoms with Gasteiger partial charge in [-0.15, -0.1) is 11.3 Å². The number of thiophene rings is 1. The molecule has 0 aliphatic carbocycles. The minimum absolute atomic E-state index is 0.288. The Morgan fingerprint density at radius 1 is 1.45 bits per heavy atom. The molecule has 0 fully saturated rings. The number of aryl methyl sites for hydroxylation is 1. The van der Waals surface area contributed by atoms with Gasteiger partial charge >= 0.3 is 0 Å². The summed E-state index contributed by atoms with van der Waals surface area (Å²) >= 11 is 1.17. The van der Waals surface area contributed by atoms with E-state index in [0.717, 1.165) is 12.2 Å². The predicted molar refractivity (Wildman–Crippen MR) is 83.0 cm³/mol. The molecule has 2 heterocycles. The molecule has 0 saturated heterocycles. The molecule has 2 aromatic heterocycles. The lowest BCUT2D eigenvalue weighted by atomic mass is 10.2. The Labute approximate surface area is 132 Å². The van der Waals surface area contributed by atoms with E-state index >= 15 is 0 Å².